The number of ether oxygens (including phenoxy) is 1. The van der Waals surface area contributed by atoms with Crippen LogP contribution in [0.5, 0.6) is 0 Å². The number of esters is 1. The van der Waals surface area contributed by atoms with Crippen LogP contribution in [0.3, 0.4) is 0 Å². The Morgan fingerprint density at radius 1 is 1.03 bits per heavy atom. The summed E-state index contributed by atoms with van der Waals surface area (Å²) >= 11 is 0. The second-order valence-electron chi connectivity index (χ2n) is 7.94. The number of imide groups is 1. The van der Waals surface area contributed by atoms with Gasteiger partial charge in [0.25, 0.3) is 5.91 Å². The Morgan fingerprint density at radius 2 is 1.67 bits per heavy atom. The lowest BCUT2D eigenvalue weighted by Crippen LogP contribution is -2.45. The molecule has 1 aliphatic carbocycles. The van der Waals surface area contributed by atoms with Gasteiger partial charge in [-0.2, -0.15) is 0 Å². The molecule has 2 aromatic carbocycles. The van der Waals surface area contributed by atoms with E-state index in [9.17, 15) is 19.2 Å². The quantitative estimate of drug-likeness (QED) is 0.607. The summed E-state index contributed by atoms with van der Waals surface area (Å²) in [4.78, 5) is 50.8. The van der Waals surface area contributed by atoms with Gasteiger partial charge in [0.15, 0.2) is 6.61 Å². The first-order valence-corrected chi connectivity index (χ1v) is 10.3. The number of benzene rings is 2. The van der Waals surface area contributed by atoms with E-state index in [0.717, 1.165) is 28.5 Å². The largest absolute Gasteiger partial charge is 0.454 e. The van der Waals surface area contributed by atoms with Crippen molar-refractivity contribution in [3.63, 3.8) is 0 Å². The van der Waals surface area contributed by atoms with Gasteiger partial charge < -0.3 is 10.1 Å². The fourth-order valence-electron chi connectivity index (χ4n) is 4.40. The lowest BCUT2D eigenvalue weighted by molar-refractivity contribution is -0.159. The summed E-state index contributed by atoms with van der Waals surface area (Å²) in [6.07, 6.45) is 3.20. The summed E-state index contributed by atoms with van der Waals surface area (Å²) in [5.41, 5.74) is 0.594. The van der Waals surface area contributed by atoms with Gasteiger partial charge >= 0.3 is 5.97 Å². The minimum absolute atomic E-state index is 0.297. The van der Waals surface area contributed by atoms with Crippen LogP contribution in [0.2, 0.25) is 0 Å². The van der Waals surface area contributed by atoms with E-state index in [1.54, 1.807) is 6.07 Å². The number of rotatable bonds is 5. The van der Waals surface area contributed by atoms with Crippen molar-refractivity contribution >= 4 is 40.2 Å². The van der Waals surface area contributed by atoms with Crippen molar-refractivity contribution in [2.24, 2.45) is 11.8 Å². The van der Waals surface area contributed by atoms with Crippen LogP contribution in [0.15, 0.2) is 42.5 Å². The number of likely N-dealkylation sites (tertiary alicyclic amines) is 1. The first kappa shape index (κ1) is 20.1. The van der Waals surface area contributed by atoms with Gasteiger partial charge in [0.05, 0.1) is 11.8 Å². The fourth-order valence-corrected chi connectivity index (χ4v) is 4.40. The summed E-state index contributed by atoms with van der Waals surface area (Å²) in [5.74, 6) is -2.48. The maximum absolute atomic E-state index is 12.6. The Labute approximate surface area is 174 Å². The minimum Gasteiger partial charge on any atom is -0.454 e. The highest BCUT2D eigenvalue weighted by Crippen LogP contribution is 2.38. The zero-order chi connectivity index (χ0) is 21.3. The molecule has 3 amide bonds. The maximum atomic E-state index is 12.6. The summed E-state index contributed by atoms with van der Waals surface area (Å²) < 4.78 is 5.09. The van der Waals surface area contributed by atoms with Crippen LogP contribution < -0.4 is 5.32 Å². The summed E-state index contributed by atoms with van der Waals surface area (Å²) in [7, 11) is 0. The average Bonchev–Trinajstić information content (AvgIpc) is 3.02. The summed E-state index contributed by atoms with van der Waals surface area (Å²) in [6, 6.07) is 12.2. The molecular weight excluding hydrogens is 384 g/mol. The molecule has 1 saturated heterocycles. The zero-order valence-electron chi connectivity index (χ0n) is 16.8. The molecule has 2 fully saturated rings. The van der Waals surface area contributed by atoms with Gasteiger partial charge in [-0.25, -0.2) is 4.79 Å². The third-order valence-electron chi connectivity index (χ3n) is 5.98. The number of amides is 3. The van der Waals surface area contributed by atoms with Crippen molar-refractivity contribution in [1.29, 1.82) is 0 Å². The molecule has 1 saturated carbocycles. The lowest BCUT2D eigenvalue weighted by atomic mass is 9.81. The molecule has 2 aliphatic rings. The van der Waals surface area contributed by atoms with Crippen LogP contribution in [0.1, 0.15) is 32.6 Å². The number of hydrogen-bond donors (Lipinski definition) is 1. The number of nitrogens with zero attached hydrogens (tertiary/aromatic N) is 1. The summed E-state index contributed by atoms with van der Waals surface area (Å²) in [5, 5.41) is 4.72. The molecular formula is C23H24N2O5. The normalized spacial score (nSPS) is 22.0. The van der Waals surface area contributed by atoms with E-state index < -0.39 is 24.5 Å². The van der Waals surface area contributed by atoms with Gasteiger partial charge in [-0.3, -0.25) is 19.3 Å². The first-order chi connectivity index (χ1) is 14.5. The van der Waals surface area contributed by atoms with Gasteiger partial charge in [0.1, 0.15) is 6.04 Å². The average molecular weight is 408 g/mol. The molecule has 0 radical (unpaired) electrons. The molecule has 2 aromatic rings. The molecule has 0 spiro atoms. The molecule has 3 atom stereocenters. The molecule has 156 valence electrons. The van der Waals surface area contributed by atoms with Crippen molar-refractivity contribution in [1.82, 2.24) is 4.90 Å². The topological polar surface area (TPSA) is 92.8 Å². The Kier molecular flexibility index (Phi) is 5.53. The third kappa shape index (κ3) is 3.79. The molecule has 7 heteroatoms. The fraction of sp³-hybridized carbons (Fsp3) is 0.391. The van der Waals surface area contributed by atoms with Crippen molar-refractivity contribution < 1.29 is 23.9 Å². The second-order valence-corrected chi connectivity index (χ2v) is 7.94. The van der Waals surface area contributed by atoms with Crippen molar-refractivity contribution in [3.8, 4) is 0 Å². The van der Waals surface area contributed by atoms with E-state index in [1.807, 2.05) is 36.4 Å². The molecule has 0 bridgehead atoms. The van der Waals surface area contributed by atoms with Crippen LogP contribution in [0.25, 0.3) is 10.8 Å². The van der Waals surface area contributed by atoms with Crippen molar-refractivity contribution in [2.45, 2.75) is 38.6 Å². The van der Waals surface area contributed by atoms with Crippen LogP contribution in [0, 0.1) is 11.8 Å². The Balaban J connectivity index is 1.33. The molecule has 0 aromatic heterocycles. The number of carbonyl (C=O) groups is 4. The first-order valence-electron chi connectivity index (χ1n) is 10.3. The highest BCUT2D eigenvalue weighted by atomic mass is 16.5. The standard InChI is InChI=1S/C23H24N2O5/c1-14(25-21(27)18-8-4-5-9-19(18)22(25)28)23(29)30-13-20(26)24-17-11-10-15-6-2-3-7-16(15)12-17/h2-3,6-7,10-12,14,18-19H,4-5,8-9,13H2,1H3,(H,24,26)/t14-,18+,19+/m0/s1. The van der Waals surface area contributed by atoms with Gasteiger partial charge in [-0.05, 0) is 42.7 Å². The number of hydrogen-bond acceptors (Lipinski definition) is 5. The summed E-state index contributed by atoms with van der Waals surface area (Å²) in [6.45, 7) is 0.982. The van der Waals surface area contributed by atoms with E-state index in [1.165, 1.54) is 6.92 Å². The number of anilines is 1. The minimum atomic E-state index is -1.04. The van der Waals surface area contributed by atoms with E-state index in [2.05, 4.69) is 5.32 Å². The van der Waals surface area contributed by atoms with E-state index in [-0.39, 0.29) is 23.7 Å². The predicted octanol–water partition coefficient (Wildman–Crippen LogP) is 2.89. The molecule has 7 nitrogen and oxygen atoms in total. The van der Waals surface area contributed by atoms with E-state index in [4.69, 9.17) is 4.74 Å². The monoisotopic (exact) mass is 408 g/mol. The van der Waals surface area contributed by atoms with E-state index in [0.29, 0.717) is 18.5 Å². The zero-order valence-corrected chi connectivity index (χ0v) is 16.8. The van der Waals surface area contributed by atoms with Crippen LogP contribution >= 0.6 is 0 Å². The highest BCUT2D eigenvalue weighted by Gasteiger charge is 2.51. The van der Waals surface area contributed by atoms with Crippen LogP contribution in [-0.4, -0.2) is 41.2 Å². The Morgan fingerprint density at radius 3 is 2.33 bits per heavy atom. The molecule has 4 rings (SSSR count). The Hall–Kier alpha value is -3.22. The van der Waals surface area contributed by atoms with Gasteiger partial charge in [-0.1, -0.05) is 43.2 Å². The molecule has 1 N–H and O–H groups in total. The number of fused-ring (bicyclic) bond motifs is 2. The molecule has 1 aliphatic heterocycles. The van der Waals surface area contributed by atoms with Gasteiger partial charge in [0.2, 0.25) is 11.8 Å². The van der Waals surface area contributed by atoms with E-state index >= 15 is 0 Å². The maximum Gasteiger partial charge on any atom is 0.329 e. The SMILES string of the molecule is C[C@@H](C(=O)OCC(=O)Nc1ccc2ccccc2c1)N1C(=O)[C@@H]2CCCC[C@H]2C1=O. The van der Waals surface area contributed by atoms with Gasteiger partial charge in [-0.15, -0.1) is 0 Å². The van der Waals surface area contributed by atoms with Crippen molar-refractivity contribution in [3.05, 3.63) is 42.5 Å². The van der Waals surface area contributed by atoms with Crippen molar-refractivity contribution in [2.75, 3.05) is 11.9 Å². The number of carbonyl (C=O) groups excluding carboxylic acids is 4. The smallest absolute Gasteiger partial charge is 0.329 e. The predicted molar refractivity (Wildman–Crippen MR) is 110 cm³/mol. The molecule has 30 heavy (non-hydrogen) atoms. The second kappa shape index (κ2) is 8.26. The van der Waals surface area contributed by atoms with Gasteiger partial charge in [0, 0.05) is 5.69 Å². The Bertz CT molecular complexity index is 994. The third-order valence-corrected chi connectivity index (χ3v) is 5.98. The van der Waals surface area contributed by atoms with Crippen LogP contribution in [0.4, 0.5) is 5.69 Å². The highest BCUT2D eigenvalue weighted by molar-refractivity contribution is 6.08. The number of nitrogens with one attached hydrogen (secondary N) is 1. The van der Waals surface area contributed by atoms with Crippen LogP contribution in [-0.2, 0) is 23.9 Å². The lowest BCUT2D eigenvalue weighted by Gasteiger charge is -2.21. The molecule has 1 heterocycles. The molecule has 0 unspecified atom stereocenters.